The van der Waals surface area contributed by atoms with E-state index in [-0.39, 0.29) is 0 Å². The predicted octanol–water partition coefficient (Wildman–Crippen LogP) is 23.4. The zero-order valence-corrected chi connectivity index (χ0v) is 54.0. The van der Waals surface area contributed by atoms with E-state index in [0.717, 1.165) is 71.9 Å². The van der Waals surface area contributed by atoms with Crippen molar-refractivity contribution in [3.63, 3.8) is 0 Å². The van der Waals surface area contributed by atoms with Gasteiger partial charge in [-0.2, -0.15) is 0 Å². The summed E-state index contributed by atoms with van der Waals surface area (Å²) in [6.07, 6.45) is 7.27. The Morgan fingerprint density at radius 1 is 0.207 bits per heavy atom. The Morgan fingerprint density at radius 3 is 1.04 bits per heavy atom. The van der Waals surface area contributed by atoms with Crippen LogP contribution in [-0.4, -0.2) is 34.9 Å². The number of nitrogens with zero attached hydrogens (tertiary/aromatic N) is 7. The molecule has 432 valence electrons. The number of fused-ring (bicyclic) bond motifs is 15. The molecule has 0 atom stereocenters. The van der Waals surface area contributed by atoms with E-state index in [1.54, 1.807) is 0 Å². The van der Waals surface area contributed by atoms with Crippen LogP contribution < -0.4 is 0 Å². The van der Waals surface area contributed by atoms with Crippen molar-refractivity contribution in [2.45, 2.75) is 152 Å². The second-order valence-electron chi connectivity index (χ2n) is 15.9. The van der Waals surface area contributed by atoms with Gasteiger partial charge in [0, 0.05) is 85.0 Å². The molecular formula is C75H97N7. The van der Waals surface area contributed by atoms with Crippen LogP contribution in [0, 0.1) is 27.7 Å². The lowest BCUT2D eigenvalue weighted by Crippen LogP contribution is -1.89. The summed E-state index contributed by atoms with van der Waals surface area (Å²) in [6, 6.07) is 56.1. The molecule has 13 rings (SSSR count). The minimum atomic E-state index is 0.985. The molecule has 0 unspecified atom stereocenters. The molecule has 6 aromatic carbocycles. The quantitative estimate of drug-likeness (QED) is 0.140. The third-order valence-corrected chi connectivity index (χ3v) is 11.5. The average molecular weight is 1100 g/mol. The van der Waals surface area contributed by atoms with Crippen LogP contribution in [0.4, 0.5) is 0 Å². The summed E-state index contributed by atoms with van der Waals surface area (Å²) >= 11 is 0. The maximum atomic E-state index is 4.69. The minimum absolute atomic E-state index is 0.985. The zero-order valence-electron chi connectivity index (χ0n) is 54.0. The maximum absolute atomic E-state index is 4.69. The van der Waals surface area contributed by atoms with Gasteiger partial charge in [-0.1, -0.05) is 240 Å². The first-order valence-electron chi connectivity index (χ1n) is 30.4. The number of hydrogen-bond donors (Lipinski definition) is 0. The standard InChI is InChI=1S/C17H12N2.C14H11N.2C13H10N2.9C2H6/c1-11-8-9-15-13-6-3-2-5-12(13)14-7-4-10-18-16(14)17(15)19-11;1-10-6-7-12-9-8-11-4-2-3-5-13(11)14(12)15-10;1-9-8-10-4-2-6-14-12(10)13-11(9)5-3-7-15-13;1-9-4-5-11-7-6-10-3-2-8-14-12(10)13(11)15-9;9*1-2/h2-10H,1H3;2-9H,1H3;2*2-8H,1H3;9*1-2H3. The molecule has 7 heterocycles. The average Bonchev–Trinajstić information content (AvgIpc) is 3.44. The third kappa shape index (κ3) is 18.6. The van der Waals surface area contributed by atoms with Gasteiger partial charge >= 0.3 is 0 Å². The van der Waals surface area contributed by atoms with E-state index in [9.17, 15) is 0 Å². The summed E-state index contributed by atoms with van der Waals surface area (Å²) in [5.41, 5.74) is 11.4. The Balaban J connectivity index is 0.000000501. The molecule has 0 aliphatic heterocycles. The fourth-order valence-corrected chi connectivity index (χ4v) is 8.45. The van der Waals surface area contributed by atoms with Gasteiger partial charge in [-0.3, -0.25) is 34.9 Å². The minimum Gasteiger partial charge on any atom is -0.254 e. The first kappa shape index (κ1) is 71.7. The van der Waals surface area contributed by atoms with Crippen molar-refractivity contribution >= 4 is 97.9 Å². The highest BCUT2D eigenvalue weighted by Crippen LogP contribution is 2.33. The molecule has 0 amide bonds. The van der Waals surface area contributed by atoms with Gasteiger partial charge in [-0.15, -0.1) is 0 Å². The molecule has 0 fully saturated rings. The van der Waals surface area contributed by atoms with Crippen LogP contribution in [0.1, 0.15) is 147 Å². The Kier molecular flexibility index (Phi) is 35.7. The van der Waals surface area contributed by atoms with Crippen LogP contribution >= 0.6 is 0 Å². The maximum Gasteiger partial charge on any atom is 0.0974 e. The van der Waals surface area contributed by atoms with Crippen molar-refractivity contribution in [3.05, 3.63) is 211 Å². The Bertz CT molecular complexity index is 3700. The molecule has 7 aromatic heterocycles. The van der Waals surface area contributed by atoms with Gasteiger partial charge in [0.25, 0.3) is 0 Å². The first-order chi connectivity index (χ1) is 40.4. The summed E-state index contributed by atoms with van der Waals surface area (Å²) < 4.78 is 0. The Hall–Kier alpha value is -8.29. The monoisotopic (exact) mass is 1100 g/mol. The summed E-state index contributed by atoms with van der Waals surface area (Å²) in [5, 5.41) is 13.1. The van der Waals surface area contributed by atoms with Crippen LogP contribution in [0.2, 0.25) is 0 Å². The van der Waals surface area contributed by atoms with Crippen LogP contribution in [0.5, 0.6) is 0 Å². The zero-order chi connectivity index (χ0) is 61.6. The Labute approximate surface area is 493 Å². The molecule has 0 N–H and O–H groups in total. The van der Waals surface area contributed by atoms with Crippen molar-refractivity contribution < 1.29 is 0 Å². The molecule has 0 saturated heterocycles. The number of aromatic nitrogens is 7. The molecule has 7 nitrogen and oxygen atoms in total. The second-order valence-corrected chi connectivity index (χ2v) is 15.9. The van der Waals surface area contributed by atoms with Crippen LogP contribution in [0.25, 0.3) is 97.9 Å². The number of rotatable bonds is 0. The molecule has 0 spiro atoms. The predicted molar refractivity (Wildman–Crippen MR) is 369 cm³/mol. The molecule has 0 radical (unpaired) electrons. The molecule has 0 aliphatic rings. The molecule has 0 saturated carbocycles. The highest BCUT2D eigenvalue weighted by atomic mass is 14.8. The SMILES string of the molecule is CC.CC.CC.CC.CC.CC.CC.CC.CC.Cc1cc2cccnc2c2ncccc12.Cc1ccc2c3ccccc3c3cccnc3c2n1.Cc1ccc2ccc3ccccc3c2n1.Cc1ccc2ccc3cccnc3c2n1. The number of hydrogen-bond acceptors (Lipinski definition) is 7. The van der Waals surface area contributed by atoms with Crippen LogP contribution in [0.3, 0.4) is 0 Å². The van der Waals surface area contributed by atoms with E-state index in [2.05, 4.69) is 170 Å². The lowest BCUT2D eigenvalue weighted by molar-refractivity contribution is 1.25. The molecule has 7 heteroatoms. The second kappa shape index (κ2) is 40.8. The van der Waals surface area contributed by atoms with Crippen LogP contribution in [-0.2, 0) is 0 Å². The van der Waals surface area contributed by atoms with Gasteiger partial charge < -0.3 is 0 Å². The topological polar surface area (TPSA) is 90.2 Å². The van der Waals surface area contributed by atoms with Gasteiger partial charge in [0.15, 0.2) is 0 Å². The van der Waals surface area contributed by atoms with Gasteiger partial charge in [0.05, 0.1) is 38.6 Å². The van der Waals surface area contributed by atoms with E-state index < -0.39 is 0 Å². The van der Waals surface area contributed by atoms with Gasteiger partial charge in [-0.25, -0.2) is 0 Å². The largest absolute Gasteiger partial charge is 0.254 e. The van der Waals surface area contributed by atoms with Gasteiger partial charge in [-0.05, 0) is 97.9 Å². The highest BCUT2D eigenvalue weighted by molar-refractivity contribution is 6.23. The molecule has 82 heavy (non-hydrogen) atoms. The van der Waals surface area contributed by atoms with Gasteiger partial charge in [0.1, 0.15) is 0 Å². The summed E-state index contributed by atoms with van der Waals surface area (Å²) in [5.74, 6) is 0. The summed E-state index contributed by atoms with van der Waals surface area (Å²) in [7, 11) is 0. The normalized spacial score (nSPS) is 9.34. The van der Waals surface area contributed by atoms with E-state index in [1.807, 2.05) is 201 Å². The lowest BCUT2D eigenvalue weighted by atomic mass is 10.00. The number of aryl methyl sites for hydroxylation is 4. The number of pyridine rings is 7. The lowest BCUT2D eigenvalue weighted by Gasteiger charge is -2.08. The fourth-order valence-electron chi connectivity index (χ4n) is 8.45. The molecular weight excluding hydrogens is 999 g/mol. The summed E-state index contributed by atoms with van der Waals surface area (Å²) in [4.78, 5) is 31.6. The van der Waals surface area contributed by atoms with Crippen molar-refractivity contribution in [3.8, 4) is 0 Å². The van der Waals surface area contributed by atoms with Crippen LogP contribution in [0.15, 0.2) is 189 Å². The molecule has 0 bridgehead atoms. The van der Waals surface area contributed by atoms with Crippen molar-refractivity contribution in [1.82, 2.24) is 34.9 Å². The van der Waals surface area contributed by atoms with E-state index >= 15 is 0 Å². The van der Waals surface area contributed by atoms with Crippen molar-refractivity contribution in [1.29, 1.82) is 0 Å². The van der Waals surface area contributed by atoms with E-state index in [1.165, 1.54) is 48.7 Å². The van der Waals surface area contributed by atoms with Crippen molar-refractivity contribution in [2.75, 3.05) is 0 Å². The third-order valence-electron chi connectivity index (χ3n) is 11.5. The van der Waals surface area contributed by atoms with Gasteiger partial charge in [0.2, 0.25) is 0 Å². The summed E-state index contributed by atoms with van der Waals surface area (Å²) in [6.45, 7) is 44.2. The fraction of sp³-hybridized carbons (Fsp3) is 0.293. The van der Waals surface area contributed by atoms with E-state index in [0.29, 0.717) is 0 Å². The number of benzene rings is 6. The van der Waals surface area contributed by atoms with E-state index in [4.69, 9.17) is 4.98 Å². The Morgan fingerprint density at radius 2 is 0.512 bits per heavy atom. The van der Waals surface area contributed by atoms with Crippen molar-refractivity contribution in [2.24, 2.45) is 0 Å². The molecule has 13 aromatic rings. The first-order valence-corrected chi connectivity index (χ1v) is 30.4. The molecule has 0 aliphatic carbocycles. The highest BCUT2D eigenvalue weighted by Gasteiger charge is 2.10. The smallest absolute Gasteiger partial charge is 0.0974 e.